The van der Waals surface area contributed by atoms with Crippen molar-refractivity contribution in [3.05, 3.63) is 65.7 Å². The average Bonchev–Trinajstić information content (AvgIpc) is 2.48. The lowest BCUT2D eigenvalue weighted by atomic mass is 9.86. The zero-order valence-corrected chi connectivity index (χ0v) is 11.1. The maximum atomic E-state index is 5.90. The molecule has 0 fully saturated rings. The highest BCUT2D eigenvalue weighted by molar-refractivity contribution is 5.43. The molecular weight excluding hydrogens is 236 g/mol. The van der Waals surface area contributed by atoms with Gasteiger partial charge in [-0.15, -0.1) is 0 Å². The molecule has 2 nitrogen and oxygen atoms in total. The molecule has 1 aliphatic rings. The van der Waals surface area contributed by atoms with Crippen molar-refractivity contribution in [2.45, 2.75) is 25.6 Å². The van der Waals surface area contributed by atoms with Crippen LogP contribution < -0.4 is 4.74 Å². The Morgan fingerprint density at radius 1 is 1.05 bits per heavy atom. The third-order valence-corrected chi connectivity index (χ3v) is 3.54. The number of fused-ring (bicyclic) bond motifs is 1. The normalized spacial score (nSPS) is 21.5. The summed E-state index contributed by atoms with van der Waals surface area (Å²) in [5, 5.41) is 0. The van der Waals surface area contributed by atoms with E-state index in [1.165, 1.54) is 11.1 Å². The average molecular weight is 254 g/mol. The molecule has 1 aliphatic heterocycles. The second-order valence-corrected chi connectivity index (χ2v) is 4.74. The van der Waals surface area contributed by atoms with Crippen LogP contribution in [-0.2, 0) is 4.74 Å². The van der Waals surface area contributed by atoms with Crippen molar-refractivity contribution >= 4 is 0 Å². The van der Waals surface area contributed by atoms with E-state index in [-0.39, 0.29) is 6.29 Å². The van der Waals surface area contributed by atoms with Crippen LogP contribution in [0.15, 0.2) is 54.6 Å². The van der Waals surface area contributed by atoms with Gasteiger partial charge in [0.2, 0.25) is 6.29 Å². The first-order valence-corrected chi connectivity index (χ1v) is 6.80. The van der Waals surface area contributed by atoms with Gasteiger partial charge in [-0.05, 0) is 18.6 Å². The van der Waals surface area contributed by atoms with Gasteiger partial charge in [-0.25, -0.2) is 0 Å². The maximum absolute atomic E-state index is 5.90. The molecule has 0 aliphatic carbocycles. The molecule has 0 radical (unpaired) electrons. The highest BCUT2D eigenvalue weighted by Gasteiger charge is 2.29. The van der Waals surface area contributed by atoms with Gasteiger partial charge in [-0.3, -0.25) is 0 Å². The van der Waals surface area contributed by atoms with E-state index in [9.17, 15) is 0 Å². The first-order valence-electron chi connectivity index (χ1n) is 6.80. The summed E-state index contributed by atoms with van der Waals surface area (Å²) >= 11 is 0. The summed E-state index contributed by atoms with van der Waals surface area (Å²) in [7, 11) is 0. The molecule has 0 amide bonds. The summed E-state index contributed by atoms with van der Waals surface area (Å²) in [6, 6.07) is 18.8. The van der Waals surface area contributed by atoms with E-state index < -0.39 is 0 Å². The molecule has 2 unspecified atom stereocenters. The molecule has 0 N–H and O–H groups in total. The second kappa shape index (κ2) is 5.45. The number of ether oxygens (including phenoxy) is 2. The minimum absolute atomic E-state index is 0.148. The number of para-hydroxylation sites is 1. The molecule has 98 valence electrons. The minimum Gasteiger partial charge on any atom is -0.465 e. The Balaban J connectivity index is 1.98. The van der Waals surface area contributed by atoms with Gasteiger partial charge in [0, 0.05) is 24.5 Å². The van der Waals surface area contributed by atoms with Gasteiger partial charge in [0.15, 0.2) is 0 Å². The SMILES string of the molecule is CCOC1CC(c2ccccc2)c2ccccc2O1. The molecule has 0 bridgehead atoms. The summed E-state index contributed by atoms with van der Waals surface area (Å²) in [6.07, 6.45) is 0.722. The topological polar surface area (TPSA) is 18.5 Å². The smallest absolute Gasteiger partial charge is 0.200 e. The highest BCUT2D eigenvalue weighted by Crippen LogP contribution is 2.40. The highest BCUT2D eigenvalue weighted by atomic mass is 16.7. The van der Waals surface area contributed by atoms with Gasteiger partial charge in [-0.1, -0.05) is 48.5 Å². The molecule has 2 aromatic carbocycles. The van der Waals surface area contributed by atoms with E-state index in [4.69, 9.17) is 9.47 Å². The van der Waals surface area contributed by atoms with Gasteiger partial charge >= 0.3 is 0 Å². The fourth-order valence-corrected chi connectivity index (χ4v) is 2.67. The Hall–Kier alpha value is -1.80. The van der Waals surface area contributed by atoms with Crippen LogP contribution in [0.1, 0.15) is 30.4 Å². The van der Waals surface area contributed by atoms with Crippen LogP contribution in [0.2, 0.25) is 0 Å². The fourth-order valence-electron chi connectivity index (χ4n) is 2.67. The lowest BCUT2D eigenvalue weighted by molar-refractivity contribution is -0.0893. The lowest BCUT2D eigenvalue weighted by Gasteiger charge is -2.32. The standard InChI is InChI=1S/C17H18O2/c1-2-18-17-12-15(13-8-4-3-5-9-13)14-10-6-7-11-16(14)19-17/h3-11,15,17H,2,12H2,1H3. The maximum Gasteiger partial charge on any atom is 0.200 e. The Bertz CT molecular complexity index is 536. The lowest BCUT2D eigenvalue weighted by Crippen LogP contribution is -2.28. The zero-order chi connectivity index (χ0) is 13.1. The first kappa shape index (κ1) is 12.2. The Labute approximate surface area is 114 Å². The van der Waals surface area contributed by atoms with Gasteiger partial charge in [-0.2, -0.15) is 0 Å². The van der Waals surface area contributed by atoms with Crippen molar-refractivity contribution in [1.29, 1.82) is 0 Å². The minimum atomic E-state index is -0.148. The molecule has 2 heteroatoms. The summed E-state index contributed by atoms with van der Waals surface area (Å²) < 4.78 is 11.6. The van der Waals surface area contributed by atoms with E-state index >= 15 is 0 Å². The van der Waals surface area contributed by atoms with Crippen LogP contribution in [0.3, 0.4) is 0 Å². The van der Waals surface area contributed by atoms with Crippen molar-refractivity contribution < 1.29 is 9.47 Å². The molecule has 1 heterocycles. The first-order chi connectivity index (χ1) is 9.38. The van der Waals surface area contributed by atoms with E-state index in [2.05, 4.69) is 42.5 Å². The molecule has 0 aromatic heterocycles. The van der Waals surface area contributed by atoms with Crippen LogP contribution in [0, 0.1) is 0 Å². The van der Waals surface area contributed by atoms with Gasteiger partial charge in [0.1, 0.15) is 5.75 Å². The van der Waals surface area contributed by atoms with E-state index in [0.717, 1.165) is 12.2 Å². The quantitative estimate of drug-likeness (QED) is 0.825. The van der Waals surface area contributed by atoms with Crippen molar-refractivity contribution in [1.82, 2.24) is 0 Å². The number of hydrogen-bond acceptors (Lipinski definition) is 2. The predicted molar refractivity (Wildman–Crippen MR) is 75.4 cm³/mol. The molecule has 0 spiro atoms. The summed E-state index contributed by atoms with van der Waals surface area (Å²) in [4.78, 5) is 0. The van der Waals surface area contributed by atoms with Gasteiger partial charge in [0.25, 0.3) is 0 Å². The molecule has 0 saturated carbocycles. The van der Waals surface area contributed by atoms with Gasteiger partial charge < -0.3 is 9.47 Å². The molecule has 3 rings (SSSR count). The van der Waals surface area contributed by atoms with E-state index in [1.54, 1.807) is 0 Å². The predicted octanol–water partition coefficient (Wildman–Crippen LogP) is 3.96. The third-order valence-electron chi connectivity index (χ3n) is 3.54. The van der Waals surface area contributed by atoms with Crippen LogP contribution in [-0.4, -0.2) is 12.9 Å². The van der Waals surface area contributed by atoms with Crippen LogP contribution in [0.5, 0.6) is 5.75 Å². The Morgan fingerprint density at radius 3 is 2.58 bits per heavy atom. The largest absolute Gasteiger partial charge is 0.465 e. The second-order valence-electron chi connectivity index (χ2n) is 4.74. The van der Waals surface area contributed by atoms with Gasteiger partial charge in [0.05, 0.1) is 0 Å². The van der Waals surface area contributed by atoms with Crippen molar-refractivity contribution in [3.63, 3.8) is 0 Å². The Morgan fingerprint density at radius 2 is 1.79 bits per heavy atom. The number of rotatable bonds is 3. The molecular formula is C17H18O2. The summed E-state index contributed by atoms with van der Waals surface area (Å²) in [6.45, 7) is 2.68. The van der Waals surface area contributed by atoms with Crippen molar-refractivity contribution in [2.75, 3.05) is 6.61 Å². The third kappa shape index (κ3) is 2.49. The van der Waals surface area contributed by atoms with Crippen molar-refractivity contribution in [2.24, 2.45) is 0 Å². The number of hydrogen-bond donors (Lipinski definition) is 0. The van der Waals surface area contributed by atoms with Crippen LogP contribution in [0.4, 0.5) is 0 Å². The van der Waals surface area contributed by atoms with Crippen LogP contribution in [0.25, 0.3) is 0 Å². The molecule has 0 saturated heterocycles. The monoisotopic (exact) mass is 254 g/mol. The summed E-state index contributed by atoms with van der Waals surface area (Å²) in [5.74, 6) is 1.30. The fraction of sp³-hybridized carbons (Fsp3) is 0.294. The van der Waals surface area contributed by atoms with E-state index in [0.29, 0.717) is 12.5 Å². The van der Waals surface area contributed by atoms with Crippen LogP contribution >= 0.6 is 0 Å². The molecule has 19 heavy (non-hydrogen) atoms. The summed E-state index contributed by atoms with van der Waals surface area (Å²) in [5.41, 5.74) is 2.58. The Kier molecular flexibility index (Phi) is 3.51. The molecule has 2 aromatic rings. The zero-order valence-electron chi connectivity index (χ0n) is 11.1. The molecule has 2 atom stereocenters. The number of benzene rings is 2. The van der Waals surface area contributed by atoms with Crippen molar-refractivity contribution in [3.8, 4) is 5.75 Å². The van der Waals surface area contributed by atoms with E-state index in [1.807, 2.05) is 19.1 Å².